The van der Waals surface area contributed by atoms with E-state index in [9.17, 15) is 0 Å². The zero-order valence-electron chi connectivity index (χ0n) is 36.4. The first kappa shape index (κ1) is 37.8. The molecule has 0 N–H and O–H groups in total. The van der Waals surface area contributed by atoms with Gasteiger partial charge in [0.15, 0.2) is 0 Å². The van der Waals surface area contributed by atoms with E-state index in [1.54, 1.807) is 0 Å². The van der Waals surface area contributed by atoms with Crippen LogP contribution in [0.25, 0.3) is 82.1 Å². The van der Waals surface area contributed by atoms with Crippen LogP contribution in [-0.4, -0.2) is 4.57 Å². The van der Waals surface area contributed by atoms with Gasteiger partial charge in [0.05, 0.1) is 28.1 Å². The van der Waals surface area contributed by atoms with Gasteiger partial charge in [0.25, 0.3) is 0 Å². The summed E-state index contributed by atoms with van der Waals surface area (Å²) in [5, 5.41) is 10.1. The summed E-state index contributed by atoms with van der Waals surface area (Å²) in [7, 11) is 0. The number of benzene rings is 10. The largest absolute Gasteiger partial charge is 0.309 e. The smallest absolute Gasteiger partial charge is 0.0541 e. The molecule has 11 aromatic rings. The van der Waals surface area contributed by atoms with Crippen LogP contribution >= 0.6 is 0 Å². The highest BCUT2D eigenvalue weighted by Gasteiger charge is 2.25. The molecule has 0 unspecified atom stereocenters. The Morgan fingerprint density at radius 2 is 0.903 bits per heavy atom. The van der Waals surface area contributed by atoms with Gasteiger partial charge in [0, 0.05) is 32.8 Å². The Morgan fingerprint density at radius 1 is 0.371 bits per heavy atom. The van der Waals surface area contributed by atoms with Gasteiger partial charge in [-0.1, -0.05) is 181 Å². The van der Waals surface area contributed by atoms with Gasteiger partial charge in [-0.3, -0.25) is 0 Å². The number of rotatable bonds is 6. The molecule has 0 aliphatic rings. The van der Waals surface area contributed by atoms with E-state index in [0.717, 1.165) is 17.1 Å². The summed E-state index contributed by atoms with van der Waals surface area (Å²) in [6.07, 6.45) is 0. The van der Waals surface area contributed by atoms with Gasteiger partial charge in [-0.25, -0.2) is 0 Å². The average Bonchev–Trinajstić information content (AvgIpc) is 3.62. The second-order valence-electron chi connectivity index (χ2n) is 19.0. The van der Waals surface area contributed by atoms with E-state index in [2.05, 4.69) is 245 Å². The summed E-state index contributed by atoms with van der Waals surface area (Å²) in [4.78, 5) is 2.48. The van der Waals surface area contributed by atoms with Crippen LogP contribution in [0.1, 0.15) is 52.7 Å². The second-order valence-corrected chi connectivity index (χ2v) is 19.0. The third-order valence-corrected chi connectivity index (χ3v) is 13.0. The van der Waals surface area contributed by atoms with Crippen molar-refractivity contribution in [2.24, 2.45) is 0 Å². The summed E-state index contributed by atoms with van der Waals surface area (Å²) in [5.74, 6) is 0. The number of hydrogen-bond acceptors (Lipinski definition) is 1. The number of hydrogen-bond donors (Lipinski definition) is 0. The molecular weight excluding hydrogens is 749 g/mol. The van der Waals surface area contributed by atoms with E-state index >= 15 is 0 Å². The molecule has 300 valence electrons. The number of para-hydroxylation sites is 1. The monoisotopic (exact) mass is 798 g/mol. The predicted octanol–water partition coefficient (Wildman–Crippen LogP) is 17.1. The van der Waals surface area contributed by atoms with Gasteiger partial charge >= 0.3 is 0 Å². The van der Waals surface area contributed by atoms with Crippen LogP contribution in [0.5, 0.6) is 0 Å². The standard InChI is InChI=1S/C60H50N2/c1-59(2,3)44-28-34-55-50(37-44)51-38-45(60(4,5)6)29-35-56(51)62(55)54-33-27-42-24-30-48-53(32-26-41-25-31-49(54)58(42)57(41)48)61(46-21-15-20-43(36-46)39-16-9-7-10-17-39)52-23-14-13-22-47(52)40-18-11-8-12-19-40/h7-38H,1-6H3. The van der Waals surface area contributed by atoms with Crippen molar-refractivity contribution >= 4 is 71.2 Å². The first-order chi connectivity index (χ1) is 30.0. The third-order valence-electron chi connectivity index (χ3n) is 13.0. The van der Waals surface area contributed by atoms with Gasteiger partial charge in [0.2, 0.25) is 0 Å². The molecule has 0 aliphatic carbocycles. The topological polar surface area (TPSA) is 8.17 Å². The average molecular weight is 799 g/mol. The summed E-state index contributed by atoms with van der Waals surface area (Å²) in [6.45, 7) is 13.9. The van der Waals surface area contributed by atoms with Crippen LogP contribution in [-0.2, 0) is 10.8 Å². The Kier molecular flexibility index (Phi) is 8.67. The van der Waals surface area contributed by atoms with Crippen molar-refractivity contribution < 1.29 is 0 Å². The van der Waals surface area contributed by atoms with Crippen molar-refractivity contribution in [3.8, 4) is 27.9 Å². The van der Waals surface area contributed by atoms with E-state index in [4.69, 9.17) is 0 Å². The molecule has 1 heterocycles. The molecule has 0 bridgehead atoms. The lowest BCUT2D eigenvalue weighted by atomic mass is 9.85. The normalized spacial score (nSPS) is 12.4. The zero-order valence-corrected chi connectivity index (χ0v) is 36.4. The maximum absolute atomic E-state index is 2.52. The Labute approximate surface area is 364 Å². The molecule has 0 saturated heterocycles. The highest BCUT2D eigenvalue weighted by Crippen LogP contribution is 2.48. The van der Waals surface area contributed by atoms with Crippen LogP contribution < -0.4 is 4.90 Å². The molecule has 0 saturated carbocycles. The van der Waals surface area contributed by atoms with Crippen LogP contribution in [0.4, 0.5) is 17.1 Å². The maximum Gasteiger partial charge on any atom is 0.0541 e. The lowest BCUT2D eigenvalue weighted by molar-refractivity contribution is 0.590. The molecule has 1 aromatic heterocycles. The summed E-state index contributed by atoms with van der Waals surface area (Å²) in [6, 6.07) is 72.3. The van der Waals surface area contributed by atoms with Crippen molar-refractivity contribution in [2.75, 3.05) is 4.90 Å². The fraction of sp³-hybridized carbons (Fsp3) is 0.133. The zero-order chi connectivity index (χ0) is 42.3. The van der Waals surface area contributed by atoms with E-state index in [-0.39, 0.29) is 10.8 Å². The van der Waals surface area contributed by atoms with Crippen LogP contribution in [0.3, 0.4) is 0 Å². The molecule has 10 aromatic carbocycles. The van der Waals surface area contributed by atoms with Gasteiger partial charge in [0.1, 0.15) is 0 Å². The summed E-state index contributed by atoms with van der Waals surface area (Å²) < 4.78 is 2.52. The van der Waals surface area contributed by atoms with Crippen molar-refractivity contribution in [1.82, 2.24) is 4.57 Å². The quantitative estimate of drug-likeness (QED) is 0.152. The SMILES string of the molecule is CC(C)(C)c1ccc2c(c1)c1cc(C(C)(C)C)ccc1n2-c1ccc2ccc3c(N(c4cccc(-c5ccccc5)c4)c4ccccc4-c4ccccc4)ccc4ccc1c2c43. The molecule has 2 nitrogen and oxygen atoms in total. The molecule has 62 heavy (non-hydrogen) atoms. The minimum absolute atomic E-state index is 0.0350. The van der Waals surface area contributed by atoms with Gasteiger partial charge in [-0.2, -0.15) is 0 Å². The molecule has 0 radical (unpaired) electrons. The predicted molar refractivity (Wildman–Crippen MR) is 267 cm³/mol. The Bertz CT molecular complexity index is 3400. The minimum Gasteiger partial charge on any atom is -0.309 e. The number of aromatic nitrogens is 1. The van der Waals surface area contributed by atoms with Gasteiger partial charge in [-0.05, 0) is 115 Å². The van der Waals surface area contributed by atoms with Gasteiger partial charge in [-0.15, -0.1) is 0 Å². The second kappa shape index (κ2) is 14.2. The van der Waals surface area contributed by atoms with Crippen LogP contribution in [0, 0.1) is 0 Å². The molecule has 0 aliphatic heterocycles. The van der Waals surface area contributed by atoms with Crippen molar-refractivity contribution in [3.05, 3.63) is 205 Å². The number of anilines is 3. The van der Waals surface area contributed by atoms with Crippen LogP contribution in [0.2, 0.25) is 0 Å². The van der Waals surface area contributed by atoms with Crippen molar-refractivity contribution in [2.45, 2.75) is 52.4 Å². The lowest BCUT2D eigenvalue weighted by Crippen LogP contribution is -2.12. The first-order valence-corrected chi connectivity index (χ1v) is 21.9. The van der Waals surface area contributed by atoms with E-state index < -0.39 is 0 Å². The molecule has 0 fully saturated rings. The van der Waals surface area contributed by atoms with Crippen LogP contribution in [0.15, 0.2) is 194 Å². The maximum atomic E-state index is 2.52. The highest BCUT2D eigenvalue weighted by atomic mass is 15.1. The summed E-state index contributed by atoms with van der Waals surface area (Å²) >= 11 is 0. The molecule has 2 heteroatoms. The minimum atomic E-state index is 0.0350. The lowest BCUT2D eigenvalue weighted by Gasteiger charge is -2.30. The molecule has 0 atom stereocenters. The fourth-order valence-corrected chi connectivity index (χ4v) is 9.77. The Morgan fingerprint density at radius 3 is 1.55 bits per heavy atom. The van der Waals surface area contributed by atoms with E-state index in [1.807, 2.05) is 0 Å². The Hall–Kier alpha value is -7.16. The molecule has 0 amide bonds. The van der Waals surface area contributed by atoms with E-state index in [0.29, 0.717) is 0 Å². The highest BCUT2D eigenvalue weighted by molar-refractivity contribution is 6.27. The van der Waals surface area contributed by atoms with Crippen molar-refractivity contribution in [3.63, 3.8) is 0 Å². The molecule has 0 spiro atoms. The first-order valence-electron chi connectivity index (χ1n) is 21.9. The molecular formula is C60H50N2. The third kappa shape index (κ3) is 6.16. The van der Waals surface area contributed by atoms with Crippen molar-refractivity contribution in [1.29, 1.82) is 0 Å². The van der Waals surface area contributed by atoms with Gasteiger partial charge < -0.3 is 9.47 Å². The fourth-order valence-electron chi connectivity index (χ4n) is 9.77. The Balaban J connectivity index is 1.19. The number of nitrogens with zero attached hydrogens (tertiary/aromatic N) is 2. The van der Waals surface area contributed by atoms with E-state index in [1.165, 1.54) is 93.2 Å². The number of fused-ring (bicyclic) bond motifs is 3. The summed E-state index contributed by atoms with van der Waals surface area (Å²) in [5.41, 5.74) is 14.6. The molecule has 11 rings (SSSR count).